The fourth-order valence-corrected chi connectivity index (χ4v) is 3.08. The van der Waals surface area contributed by atoms with Crippen LogP contribution in [0.2, 0.25) is 0 Å². The van der Waals surface area contributed by atoms with Crippen LogP contribution in [0.3, 0.4) is 0 Å². The molecule has 1 heterocycles. The van der Waals surface area contributed by atoms with E-state index in [1.807, 2.05) is 60.7 Å². The van der Waals surface area contributed by atoms with E-state index in [9.17, 15) is 4.79 Å². The summed E-state index contributed by atoms with van der Waals surface area (Å²) in [5.41, 5.74) is 7.15. The second-order valence-corrected chi connectivity index (χ2v) is 7.15. The Bertz CT molecular complexity index is 935. The minimum atomic E-state index is -0.179. The zero-order valence-electron chi connectivity index (χ0n) is 17.2. The summed E-state index contributed by atoms with van der Waals surface area (Å²) in [6.45, 7) is 1.72. The van der Waals surface area contributed by atoms with Gasteiger partial charge in [0.2, 0.25) is 5.91 Å². The van der Waals surface area contributed by atoms with Crippen LogP contribution in [0, 0.1) is 0 Å². The van der Waals surface area contributed by atoms with Gasteiger partial charge in [0.1, 0.15) is 23.1 Å². The van der Waals surface area contributed by atoms with Gasteiger partial charge in [-0.15, -0.1) is 11.6 Å². The number of amides is 1. The number of halogens is 1. The molecule has 7 heteroatoms. The second kappa shape index (κ2) is 11.9. The molecular formula is C24H26ClN3O3. The summed E-state index contributed by atoms with van der Waals surface area (Å²) >= 11 is 5.81. The molecular weight excluding hydrogens is 414 g/mol. The summed E-state index contributed by atoms with van der Waals surface area (Å²) in [7, 11) is 0. The summed E-state index contributed by atoms with van der Waals surface area (Å²) in [4.78, 5) is 18.1. The van der Waals surface area contributed by atoms with E-state index in [1.54, 1.807) is 17.3 Å². The number of aromatic nitrogens is 1. The number of hydrogen-bond donors (Lipinski definition) is 1. The molecule has 0 aliphatic rings. The Balaban J connectivity index is 1.62. The Kier molecular flexibility index (Phi) is 8.70. The molecule has 3 rings (SSSR count). The zero-order chi connectivity index (χ0) is 21.9. The number of carbonyl (C=O) groups excluding carboxylic acids is 1. The number of alkyl halides is 1. The van der Waals surface area contributed by atoms with Crippen LogP contribution in [-0.4, -0.2) is 29.9 Å². The predicted molar refractivity (Wildman–Crippen MR) is 123 cm³/mol. The monoisotopic (exact) mass is 439 g/mol. The number of nitrogens with zero attached hydrogens (tertiary/aromatic N) is 2. The highest BCUT2D eigenvalue weighted by atomic mass is 35.5. The quantitative estimate of drug-likeness (QED) is 0.344. The topological polar surface area (TPSA) is 77.7 Å². The molecule has 0 unspecified atom stereocenters. The van der Waals surface area contributed by atoms with Gasteiger partial charge in [-0.3, -0.25) is 9.78 Å². The van der Waals surface area contributed by atoms with Crippen molar-refractivity contribution in [3.05, 3.63) is 78.6 Å². The van der Waals surface area contributed by atoms with Crippen LogP contribution in [0.15, 0.2) is 73.1 Å². The fraction of sp³-hybridized carbons (Fsp3) is 0.250. The first-order chi connectivity index (χ1) is 15.2. The first kappa shape index (κ1) is 22.6. The number of benzene rings is 2. The highest BCUT2D eigenvalue weighted by Crippen LogP contribution is 2.27. The highest BCUT2D eigenvalue weighted by Gasteiger charge is 2.15. The number of nitrogens with two attached hydrogens (primary N) is 1. The molecule has 2 aromatic carbocycles. The lowest BCUT2D eigenvalue weighted by Gasteiger charge is -2.22. The second-order valence-electron chi connectivity index (χ2n) is 6.89. The van der Waals surface area contributed by atoms with E-state index >= 15 is 0 Å². The molecule has 0 atom stereocenters. The molecule has 1 amide bonds. The number of pyridine rings is 1. The average molecular weight is 440 g/mol. The molecule has 0 fully saturated rings. The Morgan fingerprint density at radius 3 is 2.26 bits per heavy atom. The Morgan fingerprint density at radius 1 is 0.968 bits per heavy atom. The predicted octanol–water partition coefficient (Wildman–Crippen LogP) is 4.76. The van der Waals surface area contributed by atoms with Crippen LogP contribution in [0.4, 0.5) is 5.69 Å². The molecule has 31 heavy (non-hydrogen) atoms. The van der Waals surface area contributed by atoms with E-state index in [0.29, 0.717) is 31.2 Å². The number of anilines is 1. The molecule has 0 saturated heterocycles. The van der Waals surface area contributed by atoms with Crippen molar-refractivity contribution >= 4 is 23.2 Å². The molecule has 6 nitrogen and oxygen atoms in total. The number of ether oxygens (including phenoxy) is 2. The molecule has 0 radical (unpaired) electrons. The van der Waals surface area contributed by atoms with Gasteiger partial charge in [0.25, 0.3) is 0 Å². The molecule has 3 aromatic rings. The van der Waals surface area contributed by atoms with E-state index in [-0.39, 0.29) is 11.8 Å². The van der Waals surface area contributed by atoms with Gasteiger partial charge in [-0.1, -0.05) is 6.07 Å². The maximum absolute atomic E-state index is 12.4. The normalized spacial score (nSPS) is 10.5. The van der Waals surface area contributed by atoms with E-state index < -0.39 is 0 Å². The van der Waals surface area contributed by atoms with Crippen LogP contribution in [0.1, 0.15) is 18.4 Å². The Labute approximate surface area is 187 Å². The molecule has 0 bridgehead atoms. The third-order valence-corrected chi connectivity index (χ3v) is 4.78. The van der Waals surface area contributed by atoms with Gasteiger partial charge < -0.3 is 20.1 Å². The van der Waals surface area contributed by atoms with Crippen molar-refractivity contribution in [3.8, 4) is 17.2 Å². The molecule has 0 aliphatic carbocycles. The van der Waals surface area contributed by atoms with Crippen LogP contribution in [-0.2, 0) is 11.3 Å². The van der Waals surface area contributed by atoms with Crippen molar-refractivity contribution in [1.29, 1.82) is 0 Å². The lowest BCUT2D eigenvalue weighted by atomic mass is 10.2. The Hall–Kier alpha value is -3.09. The summed E-state index contributed by atoms with van der Waals surface area (Å²) in [5, 5.41) is 0. The van der Waals surface area contributed by atoms with Crippen molar-refractivity contribution in [2.75, 3.05) is 23.9 Å². The number of carbonyl (C=O) groups is 1. The Morgan fingerprint density at radius 2 is 1.65 bits per heavy atom. The third kappa shape index (κ3) is 6.98. The molecule has 162 valence electrons. The van der Waals surface area contributed by atoms with Crippen LogP contribution >= 0.6 is 11.6 Å². The van der Waals surface area contributed by atoms with Gasteiger partial charge in [0.05, 0.1) is 13.2 Å². The SMILES string of the molecule is NCCCCOc1ccc(Oc2ccc(N(Cc3cccnc3)C(=O)CCl)cc2)cc1. The minimum absolute atomic E-state index is 0.0981. The van der Waals surface area contributed by atoms with Crippen molar-refractivity contribution < 1.29 is 14.3 Å². The fourth-order valence-electron chi connectivity index (χ4n) is 2.94. The zero-order valence-corrected chi connectivity index (χ0v) is 18.0. The number of unbranched alkanes of at least 4 members (excludes halogenated alkanes) is 1. The van der Waals surface area contributed by atoms with E-state index in [2.05, 4.69) is 4.98 Å². The van der Waals surface area contributed by atoms with Gasteiger partial charge in [-0.2, -0.15) is 0 Å². The first-order valence-corrected chi connectivity index (χ1v) is 10.7. The van der Waals surface area contributed by atoms with Crippen molar-refractivity contribution in [2.45, 2.75) is 19.4 Å². The van der Waals surface area contributed by atoms with Crippen LogP contribution in [0.5, 0.6) is 17.2 Å². The summed E-state index contributed by atoms with van der Waals surface area (Å²) < 4.78 is 11.6. The smallest absolute Gasteiger partial charge is 0.242 e. The molecule has 0 saturated carbocycles. The minimum Gasteiger partial charge on any atom is -0.494 e. The van der Waals surface area contributed by atoms with Crippen molar-refractivity contribution in [3.63, 3.8) is 0 Å². The van der Waals surface area contributed by atoms with Crippen molar-refractivity contribution in [2.24, 2.45) is 5.73 Å². The van der Waals surface area contributed by atoms with Gasteiger partial charge in [0, 0.05) is 18.1 Å². The summed E-state index contributed by atoms with van der Waals surface area (Å²) in [6, 6.07) is 18.6. The lowest BCUT2D eigenvalue weighted by Crippen LogP contribution is -2.31. The standard InChI is InChI=1S/C24H26ClN3O3/c25-16-24(29)28(18-19-4-3-14-27-17-19)20-5-7-22(8-6-20)31-23-11-9-21(10-12-23)30-15-2-1-13-26/h3-12,14,17H,1-2,13,15-16,18,26H2. The third-order valence-electron chi connectivity index (χ3n) is 4.55. The van der Waals surface area contributed by atoms with E-state index in [0.717, 1.165) is 29.8 Å². The van der Waals surface area contributed by atoms with E-state index in [4.69, 9.17) is 26.8 Å². The number of rotatable bonds is 11. The summed E-state index contributed by atoms with van der Waals surface area (Å²) in [5.74, 6) is 1.89. The number of hydrogen-bond acceptors (Lipinski definition) is 5. The van der Waals surface area contributed by atoms with Crippen LogP contribution < -0.4 is 20.1 Å². The van der Waals surface area contributed by atoms with Gasteiger partial charge >= 0.3 is 0 Å². The van der Waals surface area contributed by atoms with Gasteiger partial charge in [-0.25, -0.2) is 0 Å². The molecule has 0 aliphatic heterocycles. The van der Waals surface area contributed by atoms with Gasteiger partial charge in [0.15, 0.2) is 0 Å². The van der Waals surface area contributed by atoms with E-state index in [1.165, 1.54) is 0 Å². The highest BCUT2D eigenvalue weighted by molar-refractivity contribution is 6.29. The largest absolute Gasteiger partial charge is 0.494 e. The maximum Gasteiger partial charge on any atom is 0.242 e. The van der Waals surface area contributed by atoms with Crippen molar-refractivity contribution in [1.82, 2.24) is 4.98 Å². The lowest BCUT2D eigenvalue weighted by molar-refractivity contribution is -0.116. The first-order valence-electron chi connectivity index (χ1n) is 10.2. The average Bonchev–Trinajstić information content (AvgIpc) is 2.82. The molecule has 1 aromatic heterocycles. The molecule has 2 N–H and O–H groups in total. The van der Waals surface area contributed by atoms with Crippen LogP contribution in [0.25, 0.3) is 0 Å². The molecule has 0 spiro atoms. The van der Waals surface area contributed by atoms with Gasteiger partial charge in [-0.05, 0) is 79.5 Å². The maximum atomic E-state index is 12.4. The summed E-state index contributed by atoms with van der Waals surface area (Å²) in [6.07, 6.45) is 5.32.